The molecule has 110 valence electrons. The highest BCUT2D eigenvalue weighted by atomic mass is 79.9. The highest BCUT2D eigenvalue weighted by Crippen LogP contribution is 2.33. The fourth-order valence-electron chi connectivity index (χ4n) is 2.55. The highest BCUT2D eigenvalue weighted by molar-refractivity contribution is 9.10. The lowest BCUT2D eigenvalue weighted by atomic mass is 10.2. The van der Waals surface area contributed by atoms with Crippen molar-refractivity contribution in [3.63, 3.8) is 0 Å². The van der Waals surface area contributed by atoms with Gasteiger partial charge in [0.2, 0.25) is 0 Å². The lowest BCUT2D eigenvalue weighted by Crippen LogP contribution is -2.24. The van der Waals surface area contributed by atoms with Gasteiger partial charge < -0.3 is 14.9 Å². The summed E-state index contributed by atoms with van der Waals surface area (Å²) in [5, 5.41) is 32.3. The van der Waals surface area contributed by atoms with E-state index in [4.69, 9.17) is 9.84 Å². The highest BCUT2D eigenvalue weighted by Gasteiger charge is 2.36. The second-order valence-electron chi connectivity index (χ2n) is 4.83. The van der Waals surface area contributed by atoms with Gasteiger partial charge in [-0.1, -0.05) is 5.21 Å². The molecule has 1 aliphatic heterocycles. The Bertz CT molecular complexity index is 817. The van der Waals surface area contributed by atoms with E-state index in [-0.39, 0.29) is 6.61 Å². The molecule has 21 heavy (non-hydrogen) atoms. The summed E-state index contributed by atoms with van der Waals surface area (Å²) >= 11 is 3.40. The van der Waals surface area contributed by atoms with E-state index in [1.165, 1.54) is 0 Å². The number of aliphatic hydroxyl groups excluding tert-OH is 2. The van der Waals surface area contributed by atoms with E-state index in [1.807, 2.05) is 0 Å². The predicted molar refractivity (Wildman–Crippen MR) is 73.4 cm³/mol. The number of aromatic nitrogens is 6. The van der Waals surface area contributed by atoms with Crippen molar-refractivity contribution < 1.29 is 14.9 Å². The Morgan fingerprint density at radius 2 is 2.29 bits per heavy atom. The number of nitrogens with zero attached hydrogens (tertiary/aromatic N) is 6. The Morgan fingerprint density at radius 1 is 1.43 bits per heavy atom. The summed E-state index contributed by atoms with van der Waals surface area (Å²) in [4.78, 5) is 4.24. The van der Waals surface area contributed by atoms with Crippen LogP contribution in [0.4, 0.5) is 0 Å². The minimum Gasteiger partial charge on any atom is -0.394 e. The first-order valence-electron chi connectivity index (χ1n) is 6.37. The van der Waals surface area contributed by atoms with Crippen molar-refractivity contribution in [2.45, 2.75) is 24.9 Å². The fraction of sp³-hybridized carbons (Fsp3) is 0.455. The number of hydrogen-bond acceptors (Lipinski definition) is 7. The fourth-order valence-corrected chi connectivity index (χ4v) is 3.08. The Morgan fingerprint density at radius 3 is 3.05 bits per heavy atom. The molecule has 9 nitrogen and oxygen atoms in total. The second-order valence-corrected chi connectivity index (χ2v) is 5.58. The Balaban J connectivity index is 1.87. The molecule has 3 aromatic rings. The number of ether oxygens (including phenoxy) is 1. The second kappa shape index (κ2) is 4.70. The van der Waals surface area contributed by atoms with Crippen molar-refractivity contribution >= 4 is 32.6 Å². The largest absolute Gasteiger partial charge is 0.394 e. The first-order chi connectivity index (χ1) is 10.2. The molecule has 2 N–H and O–H groups in total. The molecule has 3 aromatic heterocycles. The van der Waals surface area contributed by atoms with Crippen LogP contribution in [0.1, 0.15) is 12.6 Å². The molecule has 0 amide bonds. The van der Waals surface area contributed by atoms with E-state index < -0.39 is 18.4 Å². The quantitative estimate of drug-likeness (QED) is 0.659. The van der Waals surface area contributed by atoms with Crippen LogP contribution in [0.25, 0.3) is 16.7 Å². The maximum atomic E-state index is 9.85. The minimum atomic E-state index is -0.735. The van der Waals surface area contributed by atoms with Gasteiger partial charge in [-0.3, -0.25) is 0 Å². The number of imidazole rings is 1. The SMILES string of the molecule is OC[C@H]1O[C@@H](n2nc(Br)c3c2nnn2ccnc32)C[C@@H]1O. The van der Waals surface area contributed by atoms with Gasteiger partial charge in [0.25, 0.3) is 0 Å². The molecule has 3 atom stereocenters. The lowest BCUT2D eigenvalue weighted by molar-refractivity contribution is -0.0471. The van der Waals surface area contributed by atoms with Crippen LogP contribution >= 0.6 is 15.9 Å². The van der Waals surface area contributed by atoms with Crippen LogP contribution in [0.5, 0.6) is 0 Å². The summed E-state index contributed by atoms with van der Waals surface area (Å²) in [5.41, 5.74) is 1.15. The number of halogens is 1. The Labute approximate surface area is 126 Å². The molecule has 0 saturated carbocycles. The Kier molecular flexibility index (Phi) is 2.92. The van der Waals surface area contributed by atoms with Crippen molar-refractivity contribution in [2.24, 2.45) is 0 Å². The molecule has 0 radical (unpaired) electrons. The lowest BCUT2D eigenvalue weighted by Gasteiger charge is -2.12. The number of hydrogen-bond donors (Lipinski definition) is 2. The molecule has 1 fully saturated rings. The van der Waals surface area contributed by atoms with Crippen molar-refractivity contribution in [2.75, 3.05) is 6.61 Å². The van der Waals surface area contributed by atoms with E-state index in [2.05, 4.69) is 36.3 Å². The van der Waals surface area contributed by atoms with Crippen LogP contribution in [0.3, 0.4) is 0 Å². The standard InChI is InChI=1S/C11H11BrN6O3/c12-9-8-10-13-1-2-17(10)16-14-11(8)18(15-9)7-3-5(20)6(4-19)21-7/h1-2,5-7,19-20H,3-4H2/t5-,6+,7+/m0/s1. The van der Waals surface area contributed by atoms with Crippen molar-refractivity contribution in [3.05, 3.63) is 17.0 Å². The Hall–Kier alpha value is -1.62. The smallest absolute Gasteiger partial charge is 0.189 e. The molecular formula is C11H11BrN6O3. The van der Waals surface area contributed by atoms with Crippen molar-refractivity contribution in [1.82, 2.24) is 29.6 Å². The number of fused-ring (bicyclic) bond motifs is 3. The van der Waals surface area contributed by atoms with Gasteiger partial charge in [0.1, 0.15) is 16.1 Å². The molecule has 0 aliphatic carbocycles. The zero-order valence-corrected chi connectivity index (χ0v) is 12.3. The van der Waals surface area contributed by atoms with E-state index in [0.29, 0.717) is 22.3 Å². The van der Waals surface area contributed by atoms with Crippen LogP contribution in [-0.2, 0) is 4.74 Å². The minimum absolute atomic E-state index is 0.242. The zero-order chi connectivity index (χ0) is 14.6. The van der Waals surface area contributed by atoms with Crippen LogP contribution in [-0.4, -0.2) is 58.6 Å². The summed E-state index contributed by atoms with van der Waals surface area (Å²) in [6.45, 7) is -0.242. The zero-order valence-electron chi connectivity index (χ0n) is 10.7. The van der Waals surface area contributed by atoms with Crippen LogP contribution < -0.4 is 0 Å². The first kappa shape index (κ1) is 13.1. The molecule has 0 bridgehead atoms. The predicted octanol–water partition coefficient (Wildman–Crippen LogP) is -0.123. The molecule has 1 aliphatic rings. The topological polar surface area (TPSA) is 111 Å². The van der Waals surface area contributed by atoms with Crippen LogP contribution in [0.2, 0.25) is 0 Å². The van der Waals surface area contributed by atoms with Gasteiger partial charge in [0.05, 0.1) is 18.9 Å². The van der Waals surface area contributed by atoms with Gasteiger partial charge in [-0.2, -0.15) is 5.10 Å². The van der Waals surface area contributed by atoms with Gasteiger partial charge in [-0.15, -0.1) is 5.10 Å². The normalized spacial score (nSPS) is 26.1. The van der Waals surface area contributed by atoms with E-state index in [0.717, 1.165) is 5.39 Å². The molecule has 0 unspecified atom stereocenters. The summed E-state index contributed by atoms with van der Waals surface area (Å²) in [5.74, 6) is 0. The van der Waals surface area contributed by atoms with Gasteiger partial charge in [-0.25, -0.2) is 14.2 Å². The van der Waals surface area contributed by atoms with Gasteiger partial charge in [-0.05, 0) is 15.9 Å². The third-order valence-electron chi connectivity index (χ3n) is 3.58. The molecular weight excluding hydrogens is 344 g/mol. The number of aliphatic hydroxyl groups is 2. The summed E-state index contributed by atoms with van der Waals surface area (Å²) in [6, 6.07) is 0. The van der Waals surface area contributed by atoms with E-state index >= 15 is 0 Å². The summed E-state index contributed by atoms with van der Waals surface area (Å²) in [6.07, 6.45) is 1.80. The molecule has 4 heterocycles. The van der Waals surface area contributed by atoms with Crippen molar-refractivity contribution in [1.29, 1.82) is 0 Å². The monoisotopic (exact) mass is 354 g/mol. The van der Waals surface area contributed by atoms with Gasteiger partial charge in [0, 0.05) is 12.6 Å². The third kappa shape index (κ3) is 1.87. The average Bonchev–Trinajstić information content (AvgIpc) is 3.15. The van der Waals surface area contributed by atoms with E-state index in [9.17, 15) is 5.11 Å². The van der Waals surface area contributed by atoms with Crippen molar-refractivity contribution in [3.8, 4) is 0 Å². The average molecular weight is 355 g/mol. The van der Waals surface area contributed by atoms with Gasteiger partial charge >= 0.3 is 0 Å². The maximum Gasteiger partial charge on any atom is 0.189 e. The first-order valence-corrected chi connectivity index (χ1v) is 7.16. The molecule has 4 rings (SSSR count). The molecule has 0 aromatic carbocycles. The van der Waals surface area contributed by atoms with Crippen LogP contribution in [0, 0.1) is 0 Å². The van der Waals surface area contributed by atoms with Gasteiger partial charge in [0.15, 0.2) is 17.5 Å². The number of rotatable bonds is 2. The molecule has 0 spiro atoms. The summed E-state index contributed by atoms with van der Waals surface area (Å²) in [7, 11) is 0. The van der Waals surface area contributed by atoms with E-state index in [1.54, 1.807) is 21.6 Å². The van der Waals surface area contributed by atoms with Crippen LogP contribution in [0.15, 0.2) is 17.0 Å². The molecule has 10 heteroatoms. The molecule has 1 saturated heterocycles. The third-order valence-corrected chi connectivity index (χ3v) is 4.14. The maximum absolute atomic E-state index is 9.85. The summed E-state index contributed by atoms with van der Waals surface area (Å²) < 4.78 is 9.30.